The topological polar surface area (TPSA) is 102 Å². The van der Waals surface area contributed by atoms with Gasteiger partial charge in [-0.1, -0.05) is 13.0 Å². The van der Waals surface area contributed by atoms with Gasteiger partial charge >= 0.3 is 12.1 Å². The molecule has 7 nitrogen and oxygen atoms in total. The van der Waals surface area contributed by atoms with Gasteiger partial charge in [-0.3, -0.25) is 0 Å². The zero-order chi connectivity index (χ0) is 16.4. The highest BCUT2D eigenvalue weighted by molar-refractivity contribution is 5.89. The first-order chi connectivity index (χ1) is 9.76. The number of carbonyl (C=O) groups is 2. The Kier molecular flexibility index (Phi) is 8.36. The monoisotopic (exact) mass is 297 g/mol. The number of hydrogen-bond donors (Lipinski definition) is 4. The summed E-state index contributed by atoms with van der Waals surface area (Å²) >= 11 is 0. The summed E-state index contributed by atoms with van der Waals surface area (Å²) in [5.41, 5.74) is 0.582. The maximum Gasteiger partial charge on any atom is 0.404 e. The number of nitrogens with zero attached hydrogens (tertiary/aromatic N) is 1. The maximum atomic E-state index is 11.2. The van der Waals surface area contributed by atoms with Crippen LogP contribution in [-0.2, 0) is 0 Å². The third kappa shape index (κ3) is 9.15. The van der Waals surface area contributed by atoms with Crippen LogP contribution >= 0.6 is 0 Å². The van der Waals surface area contributed by atoms with E-state index in [0.717, 1.165) is 6.42 Å². The highest BCUT2D eigenvalue weighted by atomic mass is 16.4. The second-order valence-electron chi connectivity index (χ2n) is 4.63. The lowest BCUT2D eigenvalue weighted by Crippen LogP contribution is -2.30. The first-order valence-electron chi connectivity index (χ1n) is 6.53. The van der Waals surface area contributed by atoms with Crippen LogP contribution in [-0.4, -0.2) is 47.4 Å². The SMILES string of the molecule is CCC(C)NC(=O)O.CN(C)C(=O)Nc1cccc(O)c1. The van der Waals surface area contributed by atoms with Crippen LogP contribution in [0, 0.1) is 0 Å². The molecule has 1 unspecified atom stereocenters. The second-order valence-corrected chi connectivity index (χ2v) is 4.63. The van der Waals surface area contributed by atoms with Crippen molar-refractivity contribution in [3.8, 4) is 5.75 Å². The summed E-state index contributed by atoms with van der Waals surface area (Å²) in [4.78, 5) is 22.4. The van der Waals surface area contributed by atoms with Gasteiger partial charge in [-0.05, 0) is 25.5 Å². The molecule has 0 spiro atoms. The van der Waals surface area contributed by atoms with E-state index in [1.807, 2.05) is 13.8 Å². The van der Waals surface area contributed by atoms with Crippen molar-refractivity contribution in [1.29, 1.82) is 0 Å². The van der Waals surface area contributed by atoms with Gasteiger partial charge in [-0.25, -0.2) is 9.59 Å². The normalized spacial score (nSPS) is 10.7. The average molecular weight is 297 g/mol. The van der Waals surface area contributed by atoms with E-state index in [1.165, 1.54) is 11.0 Å². The van der Waals surface area contributed by atoms with Crippen LogP contribution in [0.15, 0.2) is 24.3 Å². The zero-order valence-corrected chi connectivity index (χ0v) is 12.8. The van der Waals surface area contributed by atoms with Crippen LogP contribution < -0.4 is 10.6 Å². The molecule has 118 valence electrons. The van der Waals surface area contributed by atoms with Gasteiger partial charge in [0.15, 0.2) is 0 Å². The Morgan fingerprint density at radius 3 is 2.33 bits per heavy atom. The lowest BCUT2D eigenvalue weighted by molar-refractivity contribution is 0.190. The summed E-state index contributed by atoms with van der Waals surface area (Å²) in [6, 6.07) is 6.27. The van der Waals surface area contributed by atoms with Gasteiger partial charge in [0.05, 0.1) is 0 Å². The lowest BCUT2D eigenvalue weighted by atomic mass is 10.3. The standard InChI is InChI=1S/C9H12N2O2.C5H11NO2/c1-11(2)9(13)10-7-4-3-5-8(12)6-7;1-3-4(2)6-5(7)8/h3-6,12H,1-2H3,(H,10,13);4,6H,3H2,1-2H3,(H,7,8). The molecule has 21 heavy (non-hydrogen) atoms. The van der Waals surface area contributed by atoms with E-state index >= 15 is 0 Å². The molecule has 4 N–H and O–H groups in total. The third-order valence-electron chi connectivity index (χ3n) is 2.49. The van der Waals surface area contributed by atoms with Gasteiger partial charge in [0.2, 0.25) is 0 Å². The summed E-state index contributed by atoms with van der Waals surface area (Å²) in [7, 11) is 3.30. The number of amides is 3. The van der Waals surface area contributed by atoms with E-state index in [-0.39, 0.29) is 17.8 Å². The number of urea groups is 1. The number of carboxylic acid groups (broad SMARTS) is 1. The molecule has 0 aliphatic carbocycles. The summed E-state index contributed by atoms with van der Waals surface area (Å²) in [6.07, 6.45) is -0.105. The molecular weight excluding hydrogens is 274 g/mol. The van der Waals surface area contributed by atoms with Crippen LogP contribution in [0.2, 0.25) is 0 Å². The smallest absolute Gasteiger partial charge is 0.404 e. The summed E-state index contributed by atoms with van der Waals surface area (Å²) < 4.78 is 0. The quantitative estimate of drug-likeness (QED) is 0.688. The van der Waals surface area contributed by atoms with Crippen LogP contribution in [0.3, 0.4) is 0 Å². The van der Waals surface area contributed by atoms with Crippen LogP contribution in [0.25, 0.3) is 0 Å². The summed E-state index contributed by atoms with van der Waals surface area (Å²) in [5, 5.41) is 22.1. The minimum absolute atomic E-state index is 0.0764. The van der Waals surface area contributed by atoms with Crippen LogP contribution in [0.4, 0.5) is 15.3 Å². The Morgan fingerprint density at radius 1 is 1.33 bits per heavy atom. The predicted octanol–water partition coefficient (Wildman–Crippen LogP) is 2.54. The van der Waals surface area contributed by atoms with Crippen LogP contribution in [0.1, 0.15) is 20.3 Å². The first kappa shape index (κ1) is 18.6. The van der Waals surface area contributed by atoms with Gasteiger partial charge < -0.3 is 25.7 Å². The molecule has 1 aromatic rings. The van der Waals surface area contributed by atoms with Crippen molar-refractivity contribution in [1.82, 2.24) is 10.2 Å². The number of rotatable bonds is 3. The predicted molar refractivity (Wildman–Crippen MR) is 81.7 cm³/mol. The van der Waals surface area contributed by atoms with E-state index in [0.29, 0.717) is 5.69 Å². The van der Waals surface area contributed by atoms with Gasteiger partial charge in [0.1, 0.15) is 5.75 Å². The van der Waals surface area contributed by atoms with Crippen molar-refractivity contribution in [2.45, 2.75) is 26.3 Å². The van der Waals surface area contributed by atoms with Gasteiger partial charge in [-0.15, -0.1) is 0 Å². The van der Waals surface area contributed by atoms with E-state index < -0.39 is 6.09 Å². The first-order valence-corrected chi connectivity index (χ1v) is 6.53. The molecule has 7 heteroatoms. The molecule has 0 saturated heterocycles. The highest BCUT2D eigenvalue weighted by Gasteiger charge is 2.03. The number of phenolic OH excluding ortho intramolecular Hbond substituents is 1. The Bertz CT molecular complexity index is 463. The highest BCUT2D eigenvalue weighted by Crippen LogP contribution is 2.15. The fraction of sp³-hybridized carbons (Fsp3) is 0.429. The molecule has 0 aliphatic rings. The van der Waals surface area contributed by atoms with Crippen molar-refractivity contribution < 1.29 is 19.8 Å². The third-order valence-corrected chi connectivity index (χ3v) is 2.49. The number of benzene rings is 1. The van der Waals surface area contributed by atoms with Crippen molar-refractivity contribution >= 4 is 17.8 Å². The molecule has 0 heterocycles. The lowest BCUT2D eigenvalue weighted by Gasteiger charge is -2.11. The Labute approximate surface area is 124 Å². The molecule has 0 bridgehead atoms. The van der Waals surface area contributed by atoms with E-state index in [9.17, 15) is 9.59 Å². The molecule has 0 radical (unpaired) electrons. The fourth-order valence-electron chi connectivity index (χ4n) is 1.13. The minimum atomic E-state index is -0.945. The molecule has 1 aromatic carbocycles. The number of anilines is 1. The molecule has 1 rings (SSSR count). The van der Waals surface area contributed by atoms with Crippen molar-refractivity contribution in [3.63, 3.8) is 0 Å². The minimum Gasteiger partial charge on any atom is -0.508 e. The fourth-order valence-corrected chi connectivity index (χ4v) is 1.13. The molecule has 0 aromatic heterocycles. The average Bonchev–Trinajstić information content (AvgIpc) is 2.38. The molecule has 0 aliphatic heterocycles. The molecular formula is C14H23N3O4. The molecule has 0 saturated carbocycles. The number of aromatic hydroxyl groups is 1. The van der Waals surface area contributed by atoms with E-state index in [4.69, 9.17) is 10.2 Å². The van der Waals surface area contributed by atoms with Crippen molar-refractivity contribution in [3.05, 3.63) is 24.3 Å². The zero-order valence-electron chi connectivity index (χ0n) is 12.8. The van der Waals surface area contributed by atoms with Gasteiger partial charge in [-0.2, -0.15) is 0 Å². The number of nitrogens with one attached hydrogen (secondary N) is 2. The Morgan fingerprint density at radius 2 is 1.95 bits per heavy atom. The molecule has 0 fully saturated rings. The van der Waals surface area contributed by atoms with E-state index in [2.05, 4.69) is 10.6 Å². The Hall–Kier alpha value is -2.44. The van der Waals surface area contributed by atoms with Crippen LogP contribution in [0.5, 0.6) is 5.75 Å². The summed E-state index contributed by atoms with van der Waals surface area (Å²) in [5.74, 6) is 0.136. The molecule has 1 atom stereocenters. The van der Waals surface area contributed by atoms with Gasteiger partial charge in [0, 0.05) is 31.9 Å². The summed E-state index contributed by atoms with van der Waals surface area (Å²) in [6.45, 7) is 3.76. The largest absolute Gasteiger partial charge is 0.508 e. The van der Waals surface area contributed by atoms with Crippen molar-refractivity contribution in [2.75, 3.05) is 19.4 Å². The number of carbonyl (C=O) groups excluding carboxylic acids is 1. The number of hydrogen-bond acceptors (Lipinski definition) is 3. The van der Waals surface area contributed by atoms with Crippen molar-refractivity contribution in [2.24, 2.45) is 0 Å². The van der Waals surface area contributed by atoms with Gasteiger partial charge in [0.25, 0.3) is 0 Å². The second kappa shape index (κ2) is 9.46. The maximum absolute atomic E-state index is 11.2. The van der Waals surface area contributed by atoms with E-state index in [1.54, 1.807) is 32.3 Å². The number of phenols is 1. The molecule has 3 amide bonds. The Balaban J connectivity index is 0.000000433.